The third-order valence-corrected chi connectivity index (χ3v) is 3.38. The van der Waals surface area contributed by atoms with Gasteiger partial charge in [-0.3, -0.25) is 4.72 Å². The van der Waals surface area contributed by atoms with Gasteiger partial charge in [0.1, 0.15) is 0 Å². The second-order valence-corrected chi connectivity index (χ2v) is 5.00. The van der Waals surface area contributed by atoms with Crippen LogP contribution in [0.15, 0.2) is 40.6 Å². The van der Waals surface area contributed by atoms with E-state index in [1.165, 1.54) is 0 Å². The summed E-state index contributed by atoms with van der Waals surface area (Å²) in [5.41, 5.74) is 4.93. The van der Waals surface area contributed by atoms with Gasteiger partial charge in [0.05, 0.1) is 13.1 Å². The topological polar surface area (TPSA) is 85.1 Å². The van der Waals surface area contributed by atoms with Gasteiger partial charge < -0.3 is 5.73 Å². The highest BCUT2D eigenvalue weighted by Crippen LogP contribution is 2.18. The Morgan fingerprint density at radius 1 is 1.38 bits per heavy atom. The van der Waals surface area contributed by atoms with Gasteiger partial charge in [0.15, 0.2) is 5.13 Å². The van der Waals surface area contributed by atoms with E-state index in [-0.39, 0.29) is 10.5 Å². The lowest BCUT2D eigenvalue weighted by atomic mass is 10.3. The summed E-state index contributed by atoms with van der Waals surface area (Å²) in [4.78, 5) is 2.64. The Kier molecular flexibility index (Phi) is 1.45. The van der Waals surface area contributed by atoms with E-state index in [1.807, 2.05) is 4.72 Å². The van der Waals surface area contributed by atoms with Crippen molar-refractivity contribution in [3.8, 4) is 0 Å². The van der Waals surface area contributed by atoms with Crippen molar-refractivity contribution in [1.29, 1.82) is 0 Å². The summed E-state index contributed by atoms with van der Waals surface area (Å²) >= 11 is 0.596. The first-order valence-electron chi connectivity index (χ1n) is 6.89. The minimum atomic E-state index is -4.48. The Bertz CT molecular complexity index is 818. The lowest BCUT2D eigenvalue weighted by molar-refractivity contribution is 0.601. The molecule has 0 bridgehead atoms. The van der Waals surface area contributed by atoms with Crippen LogP contribution in [0, 0.1) is 0 Å². The molecule has 0 radical (unpaired) electrons. The molecule has 0 aliphatic carbocycles. The number of nitrogens with zero attached hydrogens (tertiary/aromatic N) is 1. The zero-order chi connectivity index (χ0) is 16.8. The molecule has 0 unspecified atom stereocenters. The number of nitrogen functional groups attached to an aromatic ring is 1. The molecule has 0 aliphatic heterocycles. The fourth-order valence-corrected chi connectivity index (χ4v) is 2.35. The maximum Gasteiger partial charge on any atom is 0.263 e. The zero-order valence-electron chi connectivity index (χ0n) is 13.7. The molecular formula is C9H9N3O2S2. The molecule has 0 saturated carbocycles. The molecule has 2 aromatic rings. The van der Waals surface area contributed by atoms with Crippen LogP contribution >= 0.6 is 11.3 Å². The van der Waals surface area contributed by atoms with Gasteiger partial charge in [-0.15, -0.1) is 11.3 Å². The van der Waals surface area contributed by atoms with Gasteiger partial charge in [0.2, 0.25) is 0 Å². The van der Waals surface area contributed by atoms with Crippen molar-refractivity contribution in [2.45, 2.75) is 4.90 Å². The monoisotopic (exact) mass is 261 g/mol. The smallest absolute Gasteiger partial charge is 0.263 e. The Hall–Kier alpha value is -1.60. The van der Waals surface area contributed by atoms with Crippen molar-refractivity contribution in [2.75, 3.05) is 10.5 Å². The number of sulfonamides is 1. The Morgan fingerprint density at radius 2 is 2.06 bits per heavy atom. The summed E-state index contributed by atoms with van der Waals surface area (Å²) in [6, 6.07) is -2.94. The van der Waals surface area contributed by atoms with Gasteiger partial charge in [0.25, 0.3) is 10.0 Å². The van der Waals surface area contributed by atoms with E-state index >= 15 is 0 Å². The number of rotatable bonds is 3. The van der Waals surface area contributed by atoms with Gasteiger partial charge in [-0.05, 0) is 24.2 Å². The molecule has 84 valence electrons. The number of aromatic nitrogens is 1. The van der Waals surface area contributed by atoms with Gasteiger partial charge in [0, 0.05) is 17.2 Å². The van der Waals surface area contributed by atoms with E-state index < -0.39 is 50.9 Å². The molecule has 7 heteroatoms. The summed E-state index contributed by atoms with van der Waals surface area (Å²) in [5, 5.41) is -0.529. The molecule has 0 atom stereocenters. The first-order valence-corrected chi connectivity index (χ1v) is 6.19. The lowest BCUT2D eigenvalue weighted by Crippen LogP contribution is -2.12. The van der Waals surface area contributed by atoms with E-state index in [4.69, 9.17) is 14.0 Å². The first kappa shape index (κ1) is 5.65. The molecule has 0 fully saturated rings. The molecule has 5 nitrogen and oxygen atoms in total. The average Bonchev–Trinajstić information content (AvgIpc) is 2.71. The maximum absolute atomic E-state index is 12.3. The second-order valence-electron chi connectivity index (χ2n) is 2.58. The Morgan fingerprint density at radius 3 is 2.62 bits per heavy atom. The molecule has 2 rings (SSSR count). The van der Waals surface area contributed by atoms with Crippen LogP contribution in [0.4, 0.5) is 10.8 Å². The molecule has 0 aliphatic rings. The van der Waals surface area contributed by atoms with Crippen LogP contribution in [0.1, 0.15) is 8.22 Å². The van der Waals surface area contributed by atoms with Crippen molar-refractivity contribution < 1.29 is 16.6 Å². The number of nitrogens with two attached hydrogens (primary N) is 1. The van der Waals surface area contributed by atoms with E-state index in [9.17, 15) is 8.42 Å². The molecule has 3 N–H and O–H groups in total. The van der Waals surface area contributed by atoms with Gasteiger partial charge >= 0.3 is 0 Å². The zero-order valence-corrected chi connectivity index (χ0v) is 9.29. The summed E-state index contributed by atoms with van der Waals surface area (Å²) in [6.07, 6.45) is -0.417. The Balaban J connectivity index is 2.59. The average molecular weight is 261 g/mol. The number of hydrogen-bond donors (Lipinski definition) is 2. The fraction of sp³-hybridized carbons (Fsp3) is 0. The SMILES string of the molecule is [2H]c1nc(NS(=O)(=O)c2c([2H])c([2H])c(N)c([2H])c2[2H])sc1[2H]. The normalized spacial score (nSPS) is 16.5. The first-order chi connectivity index (χ1) is 10.1. The predicted octanol–water partition coefficient (Wildman–Crippen LogP) is 1.53. The Labute approximate surface area is 105 Å². The molecule has 1 aromatic carbocycles. The highest BCUT2D eigenvalue weighted by molar-refractivity contribution is 7.93. The summed E-state index contributed by atoms with van der Waals surface area (Å²) in [6.45, 7) is 0. The number of benzene rings is 1. The third kappa shape index (κ3) is 2.31. The maximum atomic E-state index is 12.3. The minimum Gasteiger partial charge on any atom is -0.399 e. The quantitative estimate of drug-likeness (QED) is 0.820. The van der Waals surface area contributed by atoms with Crippen LogP contribution in [-0.2, 0) is 10.0 Å². The van der Waals surface area contributed by atoms with E-state index in [2.05, 4.69) is 4.98 Å². The van der Waals surface area contributed by atoms with Crippen molar-refractivity contribution in [3.63, 3.8) is 0 Å². The van der Waals surface area contributed by atoms with Crippen LogP contribution in [0.2, 0.25) is 0 Å². The number of thiazole rings is 1. The number of hydrogen-bond acceptors (Lipinski definition) is 5. The largest absolute Gasteiger partial charge is 0.399 e. The highest BCUT2D eigenvalue weighted by Gasteiger charge is 2.14. The van der Waals surface area contributed by atoms with Crippen molar-refractivity contribution in [3.05, 3.63) is 35.7 Å². The van der Waals surface area contributed by atoms with Crippen molar-refractivity contribution >= 4 is 32.2 Å². The molecule has 1 heterocycles. The van der Waals surface area contributed by atoms with E-state index in [1.54, 1.807) is 0 Å². The van der Waals surface area contributed by atoms with Gasteiger partial charge in [-0.25, -0.2) is 13.4 Å². The molecule has 16 heavy (non-hydrogen) atoms. The molecule has 0 spiro atoms. The van der Waals surface area contributed by atoms with Gasteiger partial charge in [-0.2, -0.15) is 0 Å². The van der Waals surface area contributed by atoms with Crippen LogP contribution in [-0.4, -0.2) is 13.4 Å². The molecule has 0 amide bonds. The predicted molar refractivity (Wildman–Crippen MR) is 63.8 cm³/mol. The van der Waals surface area contributed by atoms with Crippen molar-refractivity contribution in [1.82, 2.24) is 4.98 Å². The summed E-state index contributed by atoms with van der Waals surface area (Å²) in [7, 11) is -4.48. The molecule has 1 aromatic heterocycles. The van der Waals surface area contributed by atoms with Crippen LogP contribution in [0.5, 0.6) is 0 Å². The molecule has 0 saturated heterocycles. The summed E-state index contributed by atoms with van der Waals surface area (Å²) < 4.78 is 71.5. The fourth-order valence-electron chi connectivity index (χ4n) is 0.822. The standard InChI is InChI=1S/C9H9N3O2S2/c10-7-1-3-8(4-2-7)16(13,14)12-9-11-5-6-15-9/h1-6H,10H2,(H,11,12)/i1D,2D,3D,4D,5D,6D. The second kappa shape index (κ2) is 4.11. The van der Waals surface area contributed by atoms with Crippen LogP contribution < -0.4 is 10.5 Å². The minimum absolute atomic E-state index is 0.255. The van der Waals surface area contributed by atoms with E-state index in [0.717, 1.165) is 0 Å². The highest BCUT2D eigenvalue weighted by atomic mass is 32.2. The summed E-state index contributed by atoms with van der Waals surface area (Å²) in [5.74, 6) is 0. The number of anilines is 2. The third-order valence-electron chi connectivity index (χ3n) is 1.46. The van der Waals surface area contributed by atoms with Crippen molar-refractivity contribution in [2.24, 2.45) is 0 Å². The lowest BCUT2D eigenvalue weighted by Gasteiger charge is -2.04. The van der Waals surface area contributed by atoms with Crippen LogP contribution in [0.3, 0.4) is 0 Å². The number of nitrogens with one attached hydrogen (secondary N) is 1. The molecular weight excluding hydrogens is 246 g/mol. The van der Waals surface area contributed by atoms with E-state index in [0.29, 0.717) is 11.3 Å². The van der Waals surface area contributed by atoms with Crippen LogP contribution in [0.25, 0.3) is 0 Å². The van der Waals surface area contributed by atoms with Gasteiger partial charge in [-0.1, -0.05) is 0 Å².